The van der Waals surface area contributed by atoms with Crippen molar-refractivity contribution in [2.24, 2.45) is 0 Å². The molecule has 89 heavy (non-hydrogen) atoms. The summed E-state index contributed by atoms with van der Waals surface area (Å²) in [7, 11) is 0. The van der Waals surface area contributed by atoms with Gasteiger partial charge in [-0.1, -0.05) is 249 Å². The lowest BCUT2D eigenvalue weighted by Crippen LogP contribution is -2.66. The molecule has 3 aliphatic rings. The second-order valence-corrected chi connectivity index (χ2v) is 25.7. The number of nitrogens with one attached hydrogen (secondary N) is 1. The van der Waals surface area contributed by atoms with Crippen molar-refractivity contribution in [2.45, 2.75) is 375 Å². The lowest BCUT2D eigenvalue weighted by molar-refractivity contribution is -0.379. The van der Waals surface area contributed by atoms with Gasteiger partial charge < -0.3 is 89.9 Å². The molecule has 3 aliphatic heterocycles. The van der Waals surface area contributed by atoms with E-state index in [1.807, 2.05) is 6.08 Å². The van der Waals surface area contributed by atoms with E-state index >= 15 is 0 Å². The van der Waals surface area contributed by atoms with Crippen LogP contribution in [0.15, 0.2) is 36.5 Å². The highest BCUT2D eigenvalue weighted by molar-refractivity contribution is 5.76. The third kappa shape index (κ3) is 34.3. The number of aliphatic hydroxyl groups is 11. The first-order chi connectivity index (χ1) is 43.3. The average Bonchev–Trinajstić information content (AvgIpc) is 1.58. The fourth-order valence-corrected chi connectivity index (χ4v) is 12.1. The van der Waals surface area contributed by atoms with E-state index in [1.54, 1.807) is 6.08 Å². The second kappa shape index (κ2) is 52.3. The van der Waals surface area contributed by atoms with Crippen LogP contribution in [-0.2, 0) is 33.2 Å². The molecule has 17 atom stereocenters. The van der Waals surface area contributed by atoms with Gasteiger partial charge in [0.15, 0.2) is 18.9 Å². The van der Waals surface area contributed by atoms with Crippen LogP contribution in [0.1, 0.15) is 271 Å². The van der Waals surface area contributed by atoms with Gasteiger partial charge in [0.2, 0.25) is 5.91 Å². The van der Waals surface area contributed by atoms with Gasteiger partial charge >= 0.3 is 0 Å². The number of allylic oxidation sites excluding steroid dienone is 5. The van der Waals surface area contributed by atoms with Crippen LogP contribution in [0.4, 0.5) is 0 Å². The van der Waals surface area contributed by atoms with E-state index in [4.69, 9.17) is 28.4 Å². The maximum atomic E-state index is 13.2. The quantitative estimate of drug-likeness (QED) is 0.0199. The molecule has 12 N–H and O–H groups in total. The molecule has 19 nitrogen and oxygen atoms in total. The number of rotatable bonds is 55. The molecular weight excluding hydrogens is 1140 g/mol. The van der Waals surface area contributed by atoms with Crippen molar-refractivity contribution in [1.29, 1.82) is 0 Å². The molecular formula is C70H129NO18. The van der Waals surface area contributed by atoms with E-state index in [0.717, 1.165) is 51.4 Å². The molecule has 0 aliphatic carbocycles. The number of aliphatic hydroxyl groups excluding tert-OH is 11. The van der Waals surface area contributed by atoms with Crippen molar-refractivity contribution in [2.75, 3.05) is 26.4 Å². The molecule has 0 aromatic rings. The monoisotopic (exact) mass is 1270 g/mol. The van der Waals surface area contributed by atoms with Crippen molar-refractivity contribution in [1.82, 2.24) is 5.32 Å². The van der Waals surface area contributed by atoms with Crippen LogP contribution in [0, 0.1) is 0 Å². The number of carbonyl (C=O) groups excluding carboxylic acids is 1. The van der Waals surface area contributed by atoms with Crippen LogP contribution < -0.4 is 5.32 Å². The van der Waals surface area contributed by atoms with Crippen LogP contribution in [-0.4, -0.2) is 193 Å². The first kappa shape index (κ1) is 81.2. The summed E-state index contributed by atoms with van der Waals surface area (Å²) in [5.41, 5.74) is 0. The van der Waals surface area contributed by atoms with Crippen molar-refractivity contribution in [3.05, 3.63) is 36.5 Å². The van der Waals surface area contributed by atoms with Crippen molar-refractivity contribution in [3.8, 4) is 0 Å². The summed E-state index contributed by atoms with van der Waals surface area (Å²) in [6, 6.07) is -0.967. The van der Waals surface area contributed by atoms with Crippen molar-refractivity contribution < 1.29 is 89.4 Å². The molecule has 0 saturated carbocycles. The Hall–Kier alpha value is -1.99. The minimum atomic E-state index is -1.97. The molecule has 3 saturated heterocycles. The number of hydrogen-bond acceptors (Lipinski definition) is 18. The van der Waals surface area contributed by atoms with E-state index in [1.165, 1.54) is 193 Å². The van der Waals surface area contributed by atoms with E-state index < -0.39 is 124 Å². The van der Waals surface area contributed by atoms with Crippen LogP contribution in [0.25, 0.3) is 0 Å². The van der Waals surface area contributed by atoms with Gasteiger partial charge in [-0.05, 0) is 51.4 Å². The van der Waals surface area contributed by atoms with Crippen LogP contribution in [0.3, 0.4) is 0 Å². The molecule has 17 unspecified atom stereocenters. The SMILES string of the molecule is CCCCC/C=C/C(O)C(COC1OC(CO)C(OC2OC(CO)C(OC3OC(CO)C(O)C(O)C3O)C(O)C2O)C(O)C1O)NC(=O)CCCCCCCCCCCCCCCCCCCCCCCCCCCCC/C=C\C/C=C\CCCCCCC. The molecule has 0 aromatic carbocycles. The van der Waals surface area contributed by atoms with E-state index in [-0.39, 0.29) is 18.9 Å². The van der Waals surface area contributed by atoms with Crippen molar-refractivity contribution >= 4 is 5.91 Å². The Balaban J connectivity index is 1.21. The summed E-state index contributed by atoms with van der Waals surface area (Å²) < 4.78 is 34.1. The zero-order valence-electron chi connectivity index (χ0n) is 55.2. The predicted octanol–water partition coefficient (Wildman–Crippen LogP) is 9.61. The number of ether oxygens (including phenoxy) is 6. The van der Waals surface area contributed by atoms with E-state index in [0.29, 0.717) is 6.42 Å². The Morgan fingerprint density at radius 2 is 0.742 bits per heavy atom. The largest absolute Gasteiger partial charge is 0.394 e. The molecule has 0 aromatic heterocycles. The van der Waals surface area contributed by atoms with Gasteiger partial charge in [-0.3, -0.25) is 4.79 Å². The van der Waals surface area contributed by atoms with E-state index in [2.05, 4.69) is 43.5 Å². The molecule has 0 spiro atoms. The highest BCUT2D eigenvalue weighted by atomic mass is 16.8. The topological polar surface area (TPSA) is 307 Å². The molecule has 0 radical (unpaired) electrons. The molecule has 1 amide bonds. The maximum Gasteiger partial charge on any atom is 0.220 e. The number of hydrogen-bond donors (Lipinski definition) is 12. The molecule has 3 heterocycles. The van der Waals surface area contributed by atoms with Gasteiger partial charge in [0.25, 0.3) is 0 Å². The van der Waals surface area contributed by atoms with Crippen LogP contribution in [0.5, 0.6) is 0 Å². The number of amides is 1. The summed E-state index contributed by atoms with van der Waals surface area (Å²) in [6.07, 6.45) is 35.5. The van der Waals surface area contributed by atoms with Gasteiger partial charge in [0.05, 0.1) is 38.6 Å². The Labute approximate surface area is 536 Å². The molecule has 3 fully saturated rings. The Kier molecular flexibility index (Phi) is 47.7. The molecule has 19 heteroatoms. The molecule has 3 rings (SSSR count). The minimum absolute atomic E-state index is 0.246. The third-order valence-corrected chi connectivity index (χ3v) is 17.9. The molecule has 0 bridgehead atoms. The average molecular weight is 1270 g/mol. The van der Waals surface area contributed by atoms with Gasteiger partial charge in [0, 0.05) is 6.42 Å². The summed E-state index contributed by atoms with van der Waals surface area (Å²) in [6.45, 7) is 1.60. The van der Waals surface area contributed by atoms with Gasteiger partial charge in [-0.25, -0.2) is 0 Å². The summed E-state index contributed by atoms with van der Waals surface area (Å²) in [5, 5.41) is 120. The minimum Gasteiger partial charge on any atom is -0.394 e. The highest BCUT2D eigenvalue weighted by Crippen LogP contribution is 2.33. The third-order valence-electron chi connectivity index (χ3n) is 17.9. The smallest absolute Gasteiger partial charge is 0.220 e. The zero-order chi connectivity index (χ0) is 64.7. The van der Waals surface area contributed by atoms with Gasteiger partial charge in [0.1, 0.15) is 73.2 Å². The molecule has 522 valence electrons. The highest BCUT2D eigenvalue weighted by Gasteiger charge is 2.53. The first-order valence-corrected chi connectivity index (χ1v) is 35.7. The van der Waals surface area contributed by atoms with Crippen molar-refractivity contribution in [3.63, 3.8) is 0 Å². The predicted molar refractivity (Wildman–Crippen MR) is 346 cm³/mol. The second-order valence-electron chi connectivity index (χ2n) is 25.7. The Bertz CT molecular complexity index is 1760. The standard InChI is InChI=1S/C70H129NO18/c1-3-5-7-9-10-11-12-13-14-15-16-17-18-19-20-21-22-23-24-25-26-27-28-29-30-31-32-33-34-35-36-37-38-39-40-41-42-44-46-48-58(76)71-53(54(75)47-45-43-8-6-4-2)52-84-68-64(82)61(79)66(56(50-73)86-68)89-70-65(83)62(80)67(57(51-74)87-70)88-69-63(81)60(78)59(77)55(49-72)85-69/h12-13,15-16,45,47,53-57,59-70,72-75,77-83H,3-11,14,17-44,46,48-52H2,1-2H3,(H,71,76)/b13-12-,16-15-,47-45+. The summed E-state index contributed by atoms with van der Waals surface area (Å²) >= 11 is 0. The van der Waals surface area contributed by atoms with Crippen LogP contribution in [0.2, 0.25) is 0 Å². The fraction of sp³-hybridized carbons (Fsp3) is 0.900. The summed E-state index contributed by atoms with van der Waals surface area (Å²) in [4.78, 5) is 13.2. The Morgan fingerprint density at radius 3 is 1.17 bits per heavy atom. The lowest BCUT2D eigenvalue weighted by atomic mass is 9.96. The van der Waals surface area contributed by atoms with E-state index in [9.17, 15) is 61.0 Å². The lowest BCUT2D eigenvalue weighted by Gasteiger charge is -2.48. The fourth-order valence-electron chi connectivity index (χ4n) is 12.1. The van der Waals surface area contributed by atoms with Gasteiger partial charge in [-0.2, -0.15) is 0 Å². The Morgan fingerprint density at radius 1 is 0.404 bits per heavy atom. The normalized spacial score (nSPS) is 28.4. The maximum absolute atomic E-state index is 13.2. The number of unbranched alkanes of at least 4 members (excludes halogenated alkanes) is 35. The number of carbonyl (C=O) groups is 1. The van der Waals surface area contributed by atoms with Crippen LogP contribution >= 0.6 is 0 Å². The first-order valence-electron chi connectivity index (χ1n) is 35.7. The summed E-state index contributed by atoms with van der Waals surface area (Å²) in [5.74, 6) is -0.279. The van der Waals surface area contributed by atoms with Gasteiger partial charge in [-0.15, -0.1) is 0 Å². The zero-order valence-corrected chi connectivity index (χ0v) is 55.2.